The smallest absolute Gasteiger partial charge is 0.302 e. The summed E-state index contributed by atoms with van der Waals surface area (Å²) in [6.45, 7) is 10.6. The monoisotopic (exact) mass is 376 g/mol. The van der Waals surface area contributed by atoms with E-state index in [0.717, 1.165) is 57.8 Å². The Labute approximate surface area is 163 Å². The highest BCUT2D eigenvalue weighted by atomic mass is 16.5. The summed E-state index contributed by atoms with van der Waals surface area (Å²) in [6.07, 6.45) is 8.49. The number of aliphatic hydroxyl groups is 2. The van der Waals surface area contributed by atoms with E-state index in [1.807, 2.05) is 0 Å². The van der Waals surface area contributed by atoms with Gasteiger partial charge in [0.2, 0.25) is 0 Å². The zero-order valence-electron chi connectivity index (χ0n) is 17.2. The Morgan fingerprint density at radius 1 is 1.26 bits per heavy atom. The Balaban J connectivity index is 1.61. The summed E-state index contributed by atoms with van der Waals surface area (Å²) in [5.41, 5.74) is 0.863. The van der Waals surface area contributed by atoms with Crippen LogP contribution < -0.4 is 0 Å². The average molecular weight is 377 g/mol. The van der Waals surface area contributed by atoms with Crippen LogP contribution >= 0.6 is 0 Å². The largest absolute Gasteiger partial charge is 0.463 e. The molecule has 4 nitrogen and oxygen atoms in total. The molecule has 4 heteroatoms. The van der Waals surface area contributed by atoms with Gasteiger partial charge < -0.3 is 14.9 Å². The maximum absolute atomic E-state index is 11.9. The lowest BCUT2D eigenvalue weighted by Gasteiger charge is -2.55. The van der Waals surface area contributed by atoms with E-state index in [4.69, 9.17) is 4.74 Å². The van der Waals surface area contributed by atoms with Crippen molar-refractivity contribution in [2.75, 3.05) is 6.61 Å². The average Bonchev–Trinajstić information content (AvgIpc) is 3.16. The van der Waals surface area contributed by atoms with E-state index in [9.17, 15) is 15.0 Å². The van der Waals surface area contributed by atoms with Crippen molar-refractivity contribution in [2.24, 2.45) is 28.1 Å². The Morgan fingerprint density at radius 2 is 2.00 bits per heavy atom. The molecule has 7 atom stereocenters. The van der Waals surface area contributed by atoms with Crippen LogP contribution in [0.15, 0.2) is 12.2 Å². The van der Waals surface area contributed by atoms with Crippen LogP contribution in [0.2, 0.25) is 0 Å². The van der Waals surface area contributed by atoms with Gasteiger partial charge in [0.25, 0.3) is 0 Å². The molecule has 4 rings (SSSR count). The predicted octanol–water partition coefficient (Wildman–Crippen LogP) is 3.99. The topological polar surface area (TPSA) is 66.8 Å². The van der Waals surface area contributed by atoms with Gasteiger partial charge >= 0.3 is 5.97 Å². The van der Waals surface area contributed by atoms with Crippen LogP contribution in [0.4, 0.5) is 0 Å². The van der Waals surface area contributed by atoms with Crippen LogP contribution in [0, 0.1) is 28.1 Å². The molecule has 0 saturated heterocycles. The summed E-state index contributed by atoms with van der Waals surface area (Å²) in [5.74, 6) is 0.323. The standard InChI is InChI=1S/C23H36O4/c1-15-5-11-22-14-23(22,26)19(7-10-21(15,22)4)20(3)9-6-18(27-16(2)25)13-17(20)8-12-24/h17-19,24,26H,1,5-14H2,2-4H3/t17-,18?,19+,20?,21+,22-,23+/m0/s1. The molecule has 4 aliphatic carbocycles. The third kappa shape index (κ3) is 2.45. The first-order valence-corrected chi connectivity index (χ1v) is 10.8. The Kier molecular flexibility index (Phi) is 4.37. The van der Waals surface area contributed by atoms with E-state index < -0.39 is 5.60 Å². The van der Waals surface area contributed by atoms with Gasteiger partial charge in [0.15, 0.2) is 0 Å². The molecular formula is C23H36O4. The lowest BCUT2D eigenvalue weighted by molar-refractivity contribution is -0.158. The molecule has 27 heavy (non-hydrogen) atoms. The summed E-state index contributed by atoms with van der Waals surface area (Å²) in [4.78, 5) is 11.4. The number of esters is 1. The van der Waals surface area contributed by atoms with E-state index in [2.05, 4.69) is 20.4 Å². The molecule has 4 saturated carbocycles. The van der Waals surface area contributed by atoms with Crippen LogP contribution in [0.1, 0.15) is 78.6 Å². The first-order chi connectivity index (χ1) is 12.6. The highest BCUT2D eigenvalue weighted by Crippen LogP contribution is 2.83. The molecule has 0 bridgehead atoms. The molecule has 0 radical (unpaired) electrons. The molecule has 0 aliphatic heterocycles. The van der Waals surface area contributed by atoms with Crippen LogP contribution in [-0.4, -0.2) is 34.5 Å². The van der Waals surface area contributed by atoms with Crippen molar-refractivity contribution in [3.63, 3.8) is 0 Å². The van der Waals surface area contributed by atoms with Gasteiger partial charge in [-0.05, 0) is 80.5 Å². The number of carbonyl (C=O) groups excluding carboxylic acids is 1. The third-order valence-electron chi connectivity index (χ3n) is 9.57. The Hall–Kier alpha value is -0.870. The van der Waals surface area contributed by atoms with E-state index in [-0.39, 0.29) is 46.8 Å². The number of hydrogen-bond donors (Lipinski definition) is 2. The number of aliphatic hydroxyl groups excluding tert-OH is 1. The van der Waals surface area contributed by atoms with Crippen molar-refractivity contribution in [3.8, 4) is 0 Å². The Bertz CT molecular complexity index is 659. The minimum Gasteiger partial charge on any atom is -0.463 e. The molecule has 0 aromatic rings. The van der Waals surface area contributed by atoms with Crippen molar-refractivity contribution in [1.82, 2.24) is 0 Å². The van der Waals surface area contributed by atoms with Gasteiger partial charge in [0.1, 0.15) is 6.10 Å². The fourth-order valence-electron chi connectivity index (χ4n) is 7.85. The van der Waals surface area contributed by atoms with Gasteiger partial charge in [0, 0.05) is 18.9 Å². The van der Waals surface area contributed by atoms with Crippen molar-refractivity contribution in [1.29, 1.82) is 0 Å². The van der Waals surface area contributed by atoms with E-state index in [1.165, 1.54) is 12.5 Å². The summed E-state index contributed by atoms with van der Waals surface area (Å²) in [6, 6.07) is 0. The number of rotatable bonds is 4. The molecule has 152 valence electrons. The summed E-state index contributed by atoms with van der Waals surface area (Å²) in [5, 5.41) is 21.6. The van der Waals surface area contributed by atoms with E-state index >= 15 is 0 Å². The molecule has 2 unspecified atom stereocenters. The second-order valence-electron chi connectivity index (χ2n) is 10.4. The highest BCUT2D eigenvalue weighted by molar-refractivity contribution is 5.66. The van der Waals surface area contributed by atoms with Gasteiger partial charge in [-0.3, -0.25) is 4.79 Å². The molecule has 2 N–H and O–H groups in total. The van der Waals surface area contributed by atoms with Gasteiger partial charge in [-0.15, -0.1) is 0 Å². The van der Waals surface area contributed by atoms with Gasteiger partial charge in [0.05, 0.1) is 5.60 Å². The van der Waals surface area contributed by atoms with E-state index in [1.54, 1.807) is 0 Å². The number of carbonyl (C=O) groups is 1. The molecule has 4 fully saturated rings. The molecule has 0 amide bonds. The lowest BCUT2D eigenvalue weighted by Crippen LogP contribution is -2.53. The fraction of sp³-hybridized carbons (Fsp3) is 0.870. The van der Waals surface area contributed by atoms with Crippen LogP contribution in [-0.2, 0) is 9.53 Å². The second kappa shape index (κ2) is 6.06. The molecule has 4 aliphatic rings. The SMILES string of the molecule is C=C1CC[C@@]23C[C@@]2(O)[C@@H](C2(C)CCC(OC(C)=O)C[C@@H]2CCO)CC[C@]13C. The molecular weight excluding hydrogens is 340 g/mol. The maximum Gasteiger partial charge on any atom is 0.302 e. The molecule has 0 aromatic carbocycles. The van der Waals surface area contributed by atoms with Crippen LogP contribution in [0.3, 0.4) is 0 Å². The molecule has 0 heterocycles. The van der Waals surface area contributed by atoms with Crippen molar-refractivity contribution in [3.05, 3.63) is 12.2 Å². The van der Waals surface area contributed by atoms with Crippen LogP contribution in [0.5, 0.6) is 0 Å². The zero-order valence-corrected chi connectivity index (χ0v) is 17.2. The van der Waals surface area contributed by atoms with Gasteiger partial charge in [-0.1, -0.05) is 26.0 Å². The summed E-state index contributed by atoms with van der Waals surface area (Å²) < 4.78 is 5.51. The van der Waals surface area contributed by atoms with Crippen LogP contribution in [0.25, 0.3) is 0 Å². The minimum atomic E-state index is -0.587. The van der Waals surface area contributed by atoms with Gasteiger partial charge in [-0.2, -0.15) is 0 Å². The van der Waals surface area contributed by atoms with E-state index in [0.29, 0.717) is 0 Å². The minimum absolute atomic E-state index is 0.0110. The second-order valence-corrected chi connectivity index (χ2v) is 10.4. The number of hydrogen-bond acceptors (Lipinski definition) is 4. The summed E-state index contributed by atoms with van der Waals surface area (Å²) >= 11 is 0. The molecule has 1 spiro atoms. The predicted molar refractivity (Wildman–Crippen MR) is 104 cm³/mol. The molecule has 0 aromatic heterocycles. The van der Waals surface area contributed by atoms with Crippen molar-refractivity contribution < 1.29 is 19.7 Å². The number of allylic oxidation sites excluding steroid dienone is 1. The first-order valence-electron chi connectivity index (χ1n) is 10.8. The van der Waals surface area contributed by atoms with Crippen molar-refractivity contribution in [2.45, 2.75) is 90.3 Å². The third-order valence-corrected chi connectivity index (χ3v) is 9.57. The maximum atomic E-state index is 11.9. The lowest BCUT2D eigenvalue weighted by atomic mass is 9.51. The Morgan fingerprint density at radius 3 is 2.67 bits per heavy atom. The zero-order chi connectivity index (χ0) is 19.7. The van der Waals surface area contributed by atoms with Gasteiger partial charge in [-0.25, -0.2) is 0 Å². The fourth-order valence-corrected chi connectivity index (χ4v) is 7.85. The normalized spacial score (nSPS) is 51.4. The van der Waals surface area contributed by atoms with Crippen molar-refractivity contribution >= 4 is 5.97 Å². The highest BCUT2D eigenvalue weighted by Gasteiger charge is 2.82. The first kappa shape index (κ1) is 19.4. The quantitative estimate of drug-likeness (QED) is 0.575. The summed E-state index contributed by atoms with van der Waals surface area (Å²) in [7, 11) is 0. The number of ether oxygens (including phenoxy) is 1.